The molecule has 0 fully saturated rings. The molecule has 1 aromatic carbocycles. The van der Waals surface area contributed by atoms with E-state index in [2.05, 4.69) is 6.58 Å². The monoisotopic (exact) mass is 249 g/mol. The highest BCUT2D eigenvalue weighted by atomic mass is 16.5. The number of hydrogen-bond donors (Lipinski definition) is 1. The zero-order valence-electron chi connectivity index (χ0n) is 10.6. The van der Waals surface area contributed by atoms with Crippen molar-refractivity contribution in [1.29, 1.82) is 0 Å². The summed E-state index contributed by atoms with van der Waals surface area (Å²) in [6.45, 7) is 4.54. The highest BCUT2D eigenvalue weighted by Crippen LogP contribution is 2.19. The fraction of sp³-hybridized carbons (Fsp3) is 0.357. The number of para-hydroxylation sites is 1. The molecule has 18 heavy (non-hydrogen) atoms. The summed E-state index contributed by atoms with van der Waals surface area (Å²) in [6.07, 6.45) is 2.20. The molecule has 0 aromatic heterocycles. The Kier molecular flexibility index (Phi) is 5.94. The molecule has 0 radical (unpaired) electrons. The zero-order chi connectivity index (χ0) is 13.4. The largest absolute Gasteiger partial charge is 0.489 e. The molecule has 1 aromatic rings. The summed E-state index contributed by atoms with van der Waals surface area (Å²) in [5, 5.41) is 8.76. The molecule has 4 heteroatoms. The molecule has 1 rings (SSSR count). The molecule has 1 amide bonds. The molecular weight excluding hydrogens is 230 g/mol. The minimum atomic E-state index is -0.108. The van der Waals surface area contributed by atoms with Gasteiger partial charge in [-0.05, 0) is 18.6 Å². The van der Waals surface area contributed by atoms with E-state index >= 15 is 0 Å². The Hall–Kier alpha value is -1.81. The average Bonchev–Trinajstić information content (AvgIpc) is 2.42. The summed E-state index contributed by atoms with van der Waals surface area (Å²) < 4.78 is 5.45. The van der Waals surface area contributed by atoms with E-state index in [9.17, 15) is 4.79 Å². The molecule has 0 aliphatic heterocycles. The lowest BCUT2D eigenvalue weighted by molar-refractivity contribution is 0.0782. The van der Waals surface area contributed by atoms with Crippen molar-refractivity contribution in [3.63, 3.8) is 0 Å². The second-order valence-corrected chi connectivity index (χ2v) is 3.90. The number of carbonyl (C=O) groups excluding carboxylic acids is 1. The van der Waals surface area contributed by atoms with Crippen LogP contribution in [0.5, 0.6) is 5.75 Å². The maximum Gasteiger partial charge on any atom is 0.257 e. The molecule has 1 N–H and O–H groups in total. The van der Waals surface area contributed by atoms with Gasteiger partial charge in [0.25, 0.3) is 5.91 Å². The Labute approximate surface area is 107 Å². The first-order valence-corrected chi connectivity index (χ1v) is 5.89. The topological polar surface area (TPSA) is 49.8 Å². The summed E-state index contributed by atoms with van der Waals surface area (Å²) >= 11 is 0. The van der Waals surface area contributed by atoms with Gasteiger partial charge in [-0.3, -0.25) is 4.79 Å². The lowest BCUT2D eigenvalue weighted by atomic mass is 10.1. The molecule has 0 unspecified atom stereocenters. The number of aliphatic hydroxyl groups excluding tert-OH is 1. The number of nitrogens with zero attached hydrogens (tertiary/aromatic N) is 1. The Morgan fingerprint density at radius 1 is 1.50 bits per heavy atom. The minimum Gasteiger partial charge on any atom is -0.489 e. The van der Waals surface area contributed by atoms with Gasteiger partial charge in [-0.2, -0.15) is 0 Å². The van der Waals surface area contributed by atoms with Crippen molar-refractivity contribution in [3.8, 4) is 5.75 Å². The summed E-state index contributed by atoms with van der Waals surface area (Å²) in [7, 11) is 1.71. The molecule has 0 saturated carbocycles. The van der Waals surface area contributed by atoms with Crippen molar-refractivity contribution in [1.82, 2.24) is 4.90 Å². The van der Waals surface area contributed by atoms with Gasteiger partial charge in [-0.15, -0.1) is 0 Å². The third-order valence-corrected chi connectivity index (χ3v) is 2.47. The lowest BCUT2D eigenvalue weighted by Crippen LogP contribution is -2.28. The van der Waals surface area contributed by atoms with Gasteiger partial charge < -0.3 is 14.7 Å². The summed E-state index contributed by atoms with van der Waals surface area (Å²) in [5.74, 6) is 0.446. The van der Waals surface area contributed by atoms with Crippen molar-refractivity contribution >= 4 is 5.91 Å². The Morgan fingerprint density at radius 2 is 2.22 bits per heavy atom. The van der Waals surface area contributed by atoms with Crippen LogP contribution < -0.4 is 4.74 Å². The minimum absolute atomic E-state index is 0.0756. The van der Waals surface area contributed by atoms with Crippen LogP contribution in [0.2, 0.25) is 0 Å². The average molecular weight is 249 g/mol. The van der Waals surface area contributed by atoms with E-state index < -0.39 is 0 Å². The first-order chi connectivity index (χ1) is 8.70. The fourth-order valence-electron chi connectivity index (χ4n) is 1.53. The third-order valence-electron chi connectivity index (χ3n) is 2.47. The van der Waals surface area contributed by atoms with Gasteiger partial charge in [-0.1, -0.05) is 24.8 Å². The molecule has 0 spiro atoms. The Bertz CT molecular complexity index is 404. The van der Waals surface area contributed by atoms with Crippen molar-refractivity contribution in [2.24, 2.45) is 0 Å². The van der Waals surface area contributed by atoms with Crippen LogP contribution in [-0.2, 0) is 0 Å². The Morgan fingerprint density at radius 3 is 2.89 bits per heavy atom. The lowest BCUT2D eigenvalue weighted by Gasteiger charge is -2.18. The molecular formula is C14H19NO3. The molecule has 4 nitrogen and oxygen atoms in total. The zero-order valence-corrected chi connectivity index (χ0v) is 10.6. The number of amides is 1. The van der Waals surface area contributed by atoms with Crippen molar-refractivity contribution in [2.45, 2.75) is 6.42 Å². The third kappa shape index (κ3) is 3.89. The predicted molar refractivity (Wildman–Crippen MR) is 70.8 cm³/mol. The number of aliphatic hydroxyl groups is 1. The smallest absolute Gasteiger partial charge is 0.257 e. The number of carbonyl (C=O) groups is 1. The maximum atomic E-state index is 12.2. The normalized spacial score (nSPS) is 9.89. The molecule has 0 heterocycles. The van der Waals surface area contributed by atoms with Crippen LogP contribution in [0.3, 0.4) is 0 Å². The number of ether oxygens (including phenoxy) is 1. The quantitative estimate of drug-likeness (QED) is 0.748. The Balaban J connectivity index is 2.80. The van der Waals surface area contributed by atoms with Crippen molar-refractivity contribution in [3.05, 3.63) is 42.5 Å². The van der Waals surface area contributed by atoms with Gasteiger partial charge in [0.15, 0.2) is 0 Å². The van der Waals surface area contributed by atoms with Crippen LogP contribution in [0.15, 0.2) is 36.9 Å². The van der Waals surface area contributed by atoms with Crippen molar-refractivity contribution < 1.29 is 14.6 Å². The van der Waals surface area contributed by atoms with E-state index in [1.54, 1.807) is 36.2 Å². The van der Waals surface area contributed by atoms with E-state index in [-0.39, 0.29) is 12.5 Å². The van der Waals surface area contributed by atoms with Gasteiger partial charge in [0.05, 0.1) is 5.56 Å². The molecule has 0 aliphatic rings. The van der Waals surface area contributed by atoms with Gasteiger partial charge in [0.1, 0.15) is 12.4 Å². The second kappa shape index (κ2) is 7.50. The standard InChI is InChI=1S/C14H19NO3/c1-3-11-18-13-8-5-4-7-12(13)14(17)15(2)9-6-10-16/h3-5,7-8,16H,1,6,9-11H2,2H3. The van der Waals surface area contributed by atoms with E-state index in [0.29, 0.717) is 30.9 Å². The molecule has 0 saturated heterocycles. The molecule has 0 aliphatic carbocycles. The summed E-state index contributed by atoms with van der Waals surface area (Å²) in [5.41, 5.74) is 0.528. The van der Waals surface area contributed by atoms with E-state index in [1.165, 1.54) is 0 Å². The van der Waals surface area contributed by atoms with Crippen LogP contribution >= 0.6 is 0 Å². The number of hydrogen-bond acceptors (Lipinski definition) is 3. The van der Waals surface area contributed by atoms with Crippen LogP contribution in [0.25, 0.3) is 0 Å². The predicted octanol–water partition coefficient (Wildman–Crippen LogP) is 1.71. The molecule has 98 valence electrons. The van der Waals surface area contributed by atoms with Gasteiger partial charge >= 0.3 is 0 Å². The van der Waals surface area contributed by atoms with Crippen LogP contribution in [0.4, 0.5) is 0 Å². The van der Waals surface area contributed by atoms with Gasteiger partial charge in [0, 0.05) is 20.2 Å². The van der Waals surface area contributed by atoms with E-state index in [0.717, 1.165) is 0 Å². The van der Waals surface area contributed by atoms with E-state index in [1.807, 2.05) is 6.07 Å². The SMILES string of the molecule is C=CCOc1ccccc1C(=O)N(C)CCCO. The fourth-order valence-corrected chi connectivity index (χ4v) is 1.53. The van der Waals surface area contributed by atoms with Crippen molar-refractivity contribution in [2.75, 3.05) is 26.8 Å². The number of benzene rings is 1. The van der Waals surface area contributed by atoms with Gasteiger partial charge in [-0.25, -0.2) is 0 Å². The van der Waals surface area contributed by atoms with Crippen LogP contribution in [0, 0.1) is 0 Å². The molecule has 0 atom stereocenters. The highest BCUT2D eigenvalue weighted by molar-refractivity contribution is 5.96. The second-order valence-electron chi connectivity index (χ2n) is 3.90. The molecule has 0 bridgehead atoms. The van der Waals surface area contributed by atoms with E-state index in [4.69, 9.17) is 9.84 Å². The number of rotatable bonds is 7. The summed E-state index contributed by atoms with van der Waals surface area (Å²) in [6, 6.07) is 7.11. The first kappa shape index (κ1) is 14.3. The van der Waals surface area contributed by atoms with Crippen LogP contribution in [-0.4, -0.2) is 42.7 Å². The highest BCUT2D eigenvalue weighted by Gasteiger charge is 2.15. The van der Waals surface area contributed by atoms with Gasteiger partial charge in [0.2, 0.25) is 0 Å². The first-order valence-electron chi connectivity index (χ1n) is 5.89. The van der Waals surface area contributed by atoms with Crippen LogP contribution in [0.1, 0.15) is 16.8 Å². The maximum absolute atomic E-state index is 12.2. The summed E-state index contributed by atoms with van der Waals surface area (Å²) in [4.78, 5) is 13.7.